The molecule has 22 heavy (non-hydrogen) atoms. The quantitative estimate of drug-likeness (QED) is 0.780. The summed E-state index contributed by atoms with van der Waals surface area (Å²) in [6.45, 7) is 1.82. The molecule has 0 saturated carbocycles. The van der Waals surface area contributed by atoms with Crippen molar-refractivity contribution in [1.29, 1.82) is 0 Å². The highest BCUT2D eigenvalue weighted by Crippen LogP contribution is 2.28. The van der Waals surface area contributed by atoms with Gasteiger partial charge in [0.25, 0.3) is 10.0 Å². The van der Waals surface area contributed by atoms with Crippen LogP contribution in [0.2, 0.25) is 10.0 Å². The molecular formula is C12H11Cl2N3O3S2. The van der Waals surface area contributed by atoms with Crippen LogP contribution in [0.4, 0.5) is 0 Å². The fraction of sp³-hybridized carbons (Fsp3) is 0.167. The van der Waals surface area contributed by atoms with Crippen molar-refractivity contribution in [2.24, 2.45) is 0 Å². The van der Waals surface area contributed by atoms with Gasteiger partial charge in [-0.3, -0.25) is 10.2 Å². The fourth-order valence-electron chi connectivity index (χ4n) is 1.57. The van der Waals surface area contributed by atoms with Crippen LogP contribution in [0.5, 0.6) is 0 Å². The first-order valence-electron chi connectivity index (χ1n) is 5.95. The van der Waals surface area contributed by atoms with Gasteiger partial charge in [-0.15, -0.1) is 16.2 Å². The van der Waals surface area contributed by atoms with Crippen LogP contribution in [-0.2, 0) is 21.2 Å². The Kier molecular flexibility index (Phi) is 5.41. The predicted octanol–water partition coefficient (Wildman–Crippen LogP) is 2.31. The summed E-state index contributed by atoms with van der Waals surface area (Å²) in [6, 6.07) is 4.20. The van der Waals surface area contributed by atoms with Crippen molar-refractivity contribution < 1.29 is 13.2 Å². The zero-order valence-electron chi connectivity index (χ0n) is 11.3. The summed E-state index contributed by atoms with van der Waals surface area (Å²) in [4.78, 5) is 17.6. The summed E-state index contributed by atoms with van der Waals surface area (Å²) in [5.41, 5.74) is 2.68. The van der Waals surface area contributed by atoms with E-state index in [-0.39, 0.29) is 21.4 Å². The number of amides is 1. The Morgan fingerprint density at radius 2 is 2.09 bits per heavy atom. The number of carbonyl (C=O) groups is 1. The van der Waals surface area contributed by atoms with E-state index in [0.29, 0.717) is 5.69 Å². The van der Waals surface area contributed by atoms with Crippen LogP contribution < -0.4 is 10.3 Å². The summed E-state index contributed by atoms with van der Waals surface area (Å²) in [7, 11) is -4.01. The topological polar surface area (TPSA) is 88.2 Å². The van der Waals surface area contributed by atoms with E-state index in [1.807, 2.05) is 11.8 Å². The molecule has 0 unspecified atom stereocenters. The van der Waals surface area contributed by atoms with E-state index in [1.165, 1.54) is 29.5 Å². The molecular weight excluding hydrogens is 369 g/mol. The van der Waals surface area contributed by atoms with Gasteiger partial charge in [-0.25, -0.2) is 13.4 Å². The van der Waals surface area contributed by atoms with E-state index < -0.39 is 15.9 Å². The number of rotatable bonds is 5. The molecule has 2 rings (SSSR count). The Morgan fingerprint density at radius 3 is 2.73 bits per heavy atom. The van der Waals surface area contributed by atoms with Crippen LogP contribution in [0.1, 0.15) is 10.7 Å². The lowest BCUT2D eigenvalue weighted by Crippen LogP contribution is -2.42. The third-order valence-corrected chi connectivity index (χ3v) is 5.58. The summed E-state index contributed by atoms with van der Waals surface area (Å²) in [6.07, 6.45) is -0.0316. The molecule has 2 N–H and O–H groups in total. The molecule has 0 aliphatic carbocycles. The van der Waals surface area contributed by atoms with E-state index in [1.54, 1.807) is 5.38 Å². The molecule has 1 aromatic heterocycles. The molecule has 0 spiro atoms. The maximum Gasteiger partial charge on any atom is 0.258 e. The van der Waals surface area contributed by atoms with Gasteiger partial charge >= 0.3 is 0 Å². The maximum absolute atomic E-state index is 12.1. The van der Waals surface area contributed by atoms with Crippen molar-refractivity contribution in [3.63, 3.8) is 0 Å². The first-order chi connectivity index (χ1) is 10.3. The molecule has 10 heteroatoms. The van der Waals surface area contributed by atoms with E-state index in [4.69, 9.17) is 23.2 Å². The number of carbonyl (C=O) groups excluding carboxylic acids is 1. The Morgan fingerprint density at radius 1 is 1.36 bits per heavy atom. The highest BCUT2D eigenvalue weighted by atomic mass is 35.5. The van der Waals surface area contributed by atoms with Gasteiger partial charge < -0.3 is 0 Å². The minimum Gasteiger partial charge on any atom is -0.277 e. The zero-order chi connectivity index (χ0) is 16.3. The number of thiazole rings is 1. The lowest BCUT2D eigenvalue weighted by Gasteiger charge is -2.09. The van der Waals surface area contributed by atoms with Crippen LogP contribution in [-0.4, -0.2) is 19.3 Å². The molecule has 6 nitrogen and oxygen atoms in total. The Hall–Kier alpha value is -1.19. The number of hydrazine groups is 1. The number of nitrogens with one attached hydrogen (secondary N) is 2. The lowest BCUT2D eigenvalue weighted by atomic mass is 10.3. The average Bonchev–Trinajstić information content (AvgIpc) is 2.85. The van der Waals surface area contributed by atoms with Crippen LogP contribution >= 0.6 is 34.5 Å². The fourth-order valence-corrected chi connectivity index (χ4v) is 3.80. The zero-order valence-corrected chi connectivity index (χ0v) is 14.4. The average molecular weight is 380 g/mol. The number of hydrogen-bond acceptors (Lipinski definition) is 5. The minimum absolute atomic E-state index is 0.0316. The van der Waals surface area contributed by atoms with Crippen molar-refractivity contribution in [2.45, 2.75) is 18.2 Å². The second-order valence-electron chi connectivity index (χ2n) is 4.24. The first kappa shape index (κ1) is 17.2. The first-order valence-corrected chi connectivity index (χ1v) is 9.07. The van der Waals surface area contributed by atoms with Crippen LogP contribution in [0.15, 0.2) is 28.5 Å². The molecule has 2 aromatic rings. The highest BCUT2D eigenvalue weighted by molar-refractivity contribution is 7.89. The summed E-state index contributed by atoms with van der Waals surface area (Å²) < 4.78 is 24.2. The molecule has 0 radical (unpaired) electrons. The number of sulfonamides is 1. The Balaban J connectivity index is 2.03. The van der Waals surface area contributed by atoms with Gasteiger partial charge in [0, 0.05) is 5.38 Å². The minimum atomic E-state index is -4.01. The number of benzene rings is 1. The van der Waals surface area contributed by atoms with Gasteiger partial charge in [0.05, 0.1) is 27.2 Å². The number of halogens is 2. The smallest absolute Gasteiger partial charge is 0.258 e. The second kappa shape index (κ2) is 6.93. The lowest BCUT2D eigenvalue weighted by molar-refractivity contribution is -0.120. The van der Waals surface area contributed by atoms with E-state index in [2.05, 4.69) is 10.4 Å². The highest BCUT2D eigenvalue weighted by Gasteiger charge is 2.20. The van der Waals surface area contributed by atoms with Crippen LogP contribution in [0.25, 0.3) is 0 Å². The van der Waals surface area contributed by atoms with Crippen LogP contribution in [0, 0.1) is 6.92 Å². The van der Waals surface area contributed by atoms with Gasteiger partial charge in [-0.2, -0.15) is 0 Å². The molecule has 1 heterocycles. The van der Waals surface area contributed by atoms with E-state index in [0.717, 1.165) is 5.01 Å². The summed E-state index contributed by atoms with van der Waals surface area (Å²) >= 11 is 13.0. The Bertz CT molecular complexity index is 806. The number of aryl methyl sites for hydroxylation is 1. The Labute approximate surface area is 141 Å². The van der Waals surface area contributed by atoms with Crippen molar-refractivity contribution >= 4 is 50.5 Å². The third kappa shape index (κ3) is 4.17. The third-order valence-electron chi connectivity index (χ3n) is 2.54. The van der Waals surface area contributed by atoms with Gasteiger partial charge in [-0.1, -0.05) is 29.3 Å². The number of hydrogen-bond donors (Lipinski definition) is 2. The SMILES string of the molecule is Cc1nc(CC(=O)NNS(=O)(=O)c2cccc(Cl)c2Cl)cs1. The molecule has 0 saturated heterocycles. The molecule has 1 aromatic carbocycles. The molecule has 0 atom stereocenters. The summed E-state index contributed by atoms with van der Waals surface area (Å²) in [5, 5.41) is 2.56. The van der Waals surface area contributed by atoms with Gasteiger partial charge in [0.15, 0.2) is 0 Å². The van der Waals surface area contributed by atoms with E-state index in [9.17, 15) is 13.2 Å². The van der Waals surface area contributed by atoms with Gasteiger partial charge in [0.2, 0.25) is 5.91 Å². The number of nitrogens with zero attached hydrogens (tertiary/aromatic N) is 1. The summed E-state index contributed by atoms with van der Waals surface area (Å²) in [5.74, 6) is -0.535. The van der Waals surface area contributed by atoms with Crippen molar-refractivity contribution in [3.8, 4) is 0 Å². The monoisotopic (exact) mass is 379 g/mol. The molecule has 0 aliphatic heterocycles. The van der Waals surface area contributed by atoms with Gasteiger partial charge in [0.1, 0.15) is 4.90 Å². The van der Waals surface area contributed by atoms with Gasteiger partial charge in [-0.05, 0) is 19.1 Å². The molecule has 118 valence electrons. The number of aromatic nitrogens is 1. The second-order valence-corrected chi connectivity index (χ2v) is 7.74. The van der Waals surface area contributed by atoms with E-state index >= 15 is 0 Å². The van der Waals surface area contributed by atoms with Crippen molar-refractivity contribution in [2.75, 3.05) is 0 Å². The molecule has 1 amide bonds. The van der Waals surface area contributed by atoms with Crippen LogP contribution in [0.3, 0.4) is 0 Å². The molecule has 0 fully saturated rings. The predicted molar refractivity (Wildman–Crippen MR) is 85.5 cm³/mol. The largest absolute Gasteiger partial charge is 0.277 e. The van der Waals surface area contributed by atoms with Crippen molar-refractivity contribution in [1.82, 2.24) is 15.2 Å². The maximum atomic E-state index is 12.1. The van der Waals surface area contributed by atoms with Crippen molar-refractivity contribution in [3.05, 3.63) is 44.3 Å². The standard InChI is InChI=1S/C12H11Cl2N3O3S2/c1-7-15-8(6-21-7)5-11(18)16-17-22(19,20)10-4-2-3-9(13)12(10)14/h2-4,6,17H,5H2,1H3,(H,16,18). The molecule has 0 aliphatic rings. The molecule has 0 bridgehead atoms. The normalized spacial score (nSPS) is 11.4.